The first-order valence-electron chi connectivity index (χ1n) is 8.58. The van der Waals surface area contributed by atoms with E-state index in [0.717, 1.165) is 0 Å². The van der Waals surface area contributed by atoms with Crippen LogP contribution in [-0.2, 0) is 59.4 Å². The van der Waals surface area contributed by atoms with Gasteiger partial charge in [-0.05, 0) is 16.7 Å². The van der Waals surface area contributed by atoms with Gasteiger partial charge in [-0.25, -0.2) is 43.2 Å². The van der Waals surface area contributed by atoms with Crippen LogP contribution in [0.15, 0.2) is 18.2 Å². The monoisotopic (exact) mass is 516 g/mol. The average molecular weight is 516 g/mol. The van der Waals surface area contributed by atoms with Crippen LogP contribution in [0.25, 0.3) is 0 Å². The van der Waals surface area contributed by atoms with Crippen LogP contribution in [0.5, 0.6) is 0 Å². The number of hydrogen-bond donors (Lipinski definition) is 9. The maximum Gasteiger partial charge on any atom is 0.337 e. The van der Waals surface area contributed by atoms with E-state index in [2.05, 4.69) is 0 Å². The molecule has 9 N–H and O–H groups in total. The summed E-state index contributed by atoms with van der Waals surface area (Å²) in [5.41, 5.74) is -18.2. The predicted molar refractivity (Wildman–Crippen MR) is 100 cm³/mol. The maximum atomic E-state index is 11.8. The first-order chi connectivity index (χ1) is 16.3. The van der Waals surface area contributed by atoms with Crippen molar-refractivity contribution in [1.82, 2.24) is 0 Å². The highest BCUT2D eigenvalue weighted by molar-refractivity contribution is 6.26. The van der Waals surface area contributed by atoms with Crippen molar-refractivity contribution in [3.05, 3.63) is 34.9 Å². The molecule has 1 aromatic carbocycles. The summed E-state index contributed by atoms with van der Waals surface area (Å²) in [6.07, 6.45) is 0. The molecular formula is C18H12O18. The lowest BCUT2D eigenvalue weighted by molar-refractivity contribution is -0.170. The number of rotatable bonds is 12. The van der Waals surface area contributed by atoms with Crippen LogP contribution in [0.3, 0.4) is 0 Å². The summed E-state index contributed by atoms with van der Waals surface area (Å²) in [5.74, 6) is -25.1. The van der Waals surface area contributed by atoms with E-state index in [1.807, 2.05) is 0 Å². The molecule has 0 unspecified atom stereocenters. The van der Waals surface area contributed by atoms with E-state index in [0.29, 0.717) is 0 Å². The molecule has 0 saturated heterocycles. The summed E-state index contributed by atoms with van der Waals surface area (Å²) in [4.78, 5) is 106. The second-order valence-corrected chi connectivity index (χ2v) is 6.80. The van der Waals surface area contributed by atoms with Gasteiger partial charge in [0.2, 0.25) is 0 Å². The van der Waals surface area contributed by atoms with Gasteiger partial charge in [0.15, 0.2) is 0 Å². The molecule has 0 fully saturated rings. The molecule has 0 aliphatic carbocycles. The van der Waals surface area contributed by atoms with Crippen molar-refractivity contribution in [2.24, 2.45) is 0 Å². The molecule has 18 heteroatoms. The van der Waals surface area contributed by atoms with Crippen LogP contribution in [0.2, 0.25) is 0 Å². The Balaban J connectivity index is 4.73. The lowest BCUT2D eigenvalue weighted by Crippen LogP contribution is -2.54. The highest BCUT2D eigenvalue weighted by atomic mass is 16.4. The first kappa shape index (κ1) is 28.5. The van der Waals surface area contributed by atoms with Gasteiger partial charge in [-0.3, -0.25) is 0 Å². The smallest absolute Gasteiger partial charge is 0.337 e. The Morgan fingerprint density at radius 3 is 0.528 bits per heavy atom. The summed E-state index contributed by atoms with van der Waals surface area (Å²) in [6, 6.07) is -0.522. The Bertz CT molecular complexity index is 980. The molecule has 0 aromatic heterocycles. The van der Waals surface area contributed by atoms with Gasteiger partial charge in [0.05, 0.1) is 0 Å². The Hall–Kier alpha value is -5.55. The average Bonchev–Trinajstić information content (AvgIpc) is 2.66. The second-order valence-electron chi connectivity index (χ2n) is 6.80. The molecule has 0 bridgehead atoms. The molecule has 0 aliphatic rings. The fourth-order valence-corrected chi connectivity index (χ4v) is 3.21. The molecule has 18 nitrogen and oxygen atoms in total. The molecule has 0 radical (unpaired) electrons. The molecular weight excluding hydrogens is 504 g/mol. The van der Waals surface area contributed by atoms with Gasteiger partial charge in [-0.15, -0.1) is 0 Å². The minimum Gasteiger partial charge on any atom is -0.480 e. The molecule has 1 aromatic rings. The van der Waals surface area contributed by atoms with E-state index < -0.39 is 86.7 Å². The summed E-state index contributed by atoms with van der Waals surface area (Å²) < 4.78 is 0. The van der Waals surface area contributed by atoms with Crippen LogP contribution >= 0.6 is 0 Å². The maximum absolute atomic E-state index is 11.8. The van der Waals surface area contributed by atoms with E-state index >= 15 is 0 Å². The van der Waals surface area contributed by atoms with E-state index in [9.17, 15) is 89.1 Å². The molecule has 0 atom stereocenters. The number of carboxylic acids is 9. The number of carbonyl (C=O) groups is 9. The standard InChI is InChI=1S/C18H12O18/c19-7(20)16(8(21)22,9(23)24)4-1-5(17(10(25)26,11(27)28)12(29)30)3-6(2-4)18(13(31)32,14(33)34)15(35)36/h1-3H,(H,19,20)(H,21,22)(H,23,24)(H,25,26)(H,27,28)(H,29,30)(H,31,32)(H,33,34)(H,35,36). The quantitative estimate of drug-likeness (QED) is 0.126. The van der Waals surface area contributed by atoms with Crippen molar-refractivity contribution in [1.29, 1.82) is 0 Å². The van der Waals surface area contributed by atoms with E-state index in [4.69, 9.17) is 0 Å². The third kappa shape index (κ3) is 3.48. The lowest BCUT2D eigenvalue weighted by atomic mass is 9.70. The lowest BCUT2D eigenvalue weighted by Gasteiger charge is -2.28. The van der Waals surface area contributed by atoms with Crippen LogP contribution in [0, 0.1) is 0 Å². The zero-order chi connectivity index (χ0) is 28.5. The third-order valence-electron chi connectivity index (χ3n) is 5.12. The number of carboxylic acid groups (broad SMARTS) is 9. The molecule has 0 heterocycles. The van der Waals surface area contributed by atoms with Crippen molar-refractivity contribution in [2.75, 3.05) is 0 Å². The normalized spacial score (nSPS) is 11.7. The second kappa shape index (κ2) is 9.00. The van der Waals surface area contributed by atoms with Gasteiger partial charge in [-0.1, -0.05) is 18.2 Å². The number of hydrogen-bond acceptors (Lipinski definition) is 9. The Labute approximate surface area is 194 Å². The van der Waals surface area contributed by atoms with Crippen molar-refractivity contribution in [2.45, 2.75) is 16.2 Å². The topological polar surface area (TPSA) is 336 Å². The van der Waals surface area contributed by atoms with Gasteiger partial charge in [0.1, 0.15) is 0 Å². The highest BCUT2D eigenvalue weighted by Crippen LogP contribution is 2.38. The fraction of sp³-hybridized carbons (Fsp3) is 0.167. The van der Waals surface area contributed by atoms with Crippen LogP contribution < -0.4 is 0 Å². The van der Waals surface area contributed by atoms with Gasteiger partial charge in [0, 0.05) is 0 Å². The molecule has 0 spiro atoms. The largest absolute Gasteiger partial charge is 0.480 e. The zero-order valence-corrected chi connectivity index (χ0v) is 16.9. The van der Waals surface area contributed by atoms with E-state index in [1.165, 1.54) is 0 Å². The Kier molecular flexibility index (Phi) is 7.12. The zero-order valence-electron chi connectivity index (χ0n) is 16.9. The summed E-state index contributed by atoms with van der Waals surface area (Å²) in [5, 5.41) is 84.6. The molecule has 1 rings (SSSR count). The van der Waals surface area contributed by atoms with Gasteiger partial charge < -0.3 is 46.0 Å². The van der Waals surface area contributed by atoms with Crippen molar-refractivity contribution in [3.63, 3.8) is 0 Å². The summed E-state index contributed by atoms with van der Waals surface area (Å²) in [6.45, 7) is 0. The number of benzene rings is 1. The van der Waals surface area contributed by atoms with Crippen LogP contribution in [0.1, 0.15) is 16.7 Å². The fourth-order valence-electron chi connectivity index (χ4n) is 3.21. The molecule has 192 valence electrons. The summed E-state index contributed by atoms with van der Waals surface area (Å²) >= 11 is 0. The minimum atomic E-state index is -4.27. The van der Waals surface area contributed by atoms with E-state index in [-0.39, 0.29) is 18.2 Å². The molecule has 0 saturated carbocycles. The molecule has 36 heavy (non-hydrogen) atoms. The van der Waals surface area contributed by atoms with Crippen molar-refractivity contribution >= 4 is 53.7 Å². The van der Waals surface area contributed by atoms with Crippen LogP contribution in [0.4, 0.5) is 0 Å². The Morgan fingerprint density at radius 2 is 0.444 bits per heavy atom. The SMILES string of the molecule is O=C(O)C(C(=O)O)(C(=O)O)c1cc(C(C(=O)O)(C(=O)O)C(=O)O)cc(C(C(=O)O)(C(=O)O)C(=O)O)c1. The van der Waals surface area contributed by atoms with Crippen LogP contribution in [-0.4, -0.2) is 99.7 Å². The highest BCUT2D eigenvalue weighted by Gasteiger charge is 2.63. The Morgan fingerprint density at radius 1 is 0.333 bits per heavy atom. The third-order valence-corrected chi connectivity index (χ3v) is 5.12. The first-order valence-corrected chi connectivity index (χ1v) is 8.58. The molecule has 0 amide bonds. The van der Waals surface area contributed by atoms with Crippen molar-refractivity contribution in [3.8, 4) is 0 Å². The number of aliphatic carboxylic acids is 9. The van der Waals surface area contributed by atoms with Gasteiger partial charge in [-0.2, -0.15) is 0 Å². The van der Waals surface area contributed by atoms with Crippen molar-refractivity contribution < 1.29 is 89.1 Å². The summed E-state index contributed by atoms with van der Waals surface area (Å²) in [7, 11) is 0. The molecule has 0 aliphatic heterocycles. The van der Waals surface area contributed by atoms with Gasteiger partial charge in [0.25, 0.3) is 16.2 Å². The van der Waals surface area contributed by atoms with E-state index in [1.54, 1.807) is 0 Å². The minimum absolute atomic E-state index is 0.174. The predicted octanol–water partition coefficient (Wildman–Crippen LogP) is -2.84. The van der Waals surface area contributed by atoms with Gasteiger partial charge >= 0.3 is 53.7 Å².